The molecule has 2 rings (SSSR count). The summed E-state index contributed by atoms with van der Waals surface area (Å²) in [5.74, 6) is -0.183. The minimum atomic E-state index is -0.199. The van der Waals surface area contributed by atoms with Crippen LogP contribution in [-0.4, -0.2) is 13.6 Å². The van der Waals surface area contributed by atoms with Gasteiger partial charge in [-0.15, -0.1) is 0 Å². The minimum absolute atomic E-state index is 0.0525. The lowest BCUT2D eigenvalue weighted by Gasteiger charge is -2.46. The zero-order chi connectivity index (χ0) is 11.6. The van der Waals surface area contributed by atoms with Gasteiger partial charge in [-0.3, -0.25) is 0 Å². The molecule has 0 bridgehead atoms. The Bertz CT molecular complexity index is 361. The summed E-state index contributed by atoms with van der Waals surface area (Å²) in [6, 6.07) is 6.65. The summed E-state index contributed by atoms with van der Waals surface area (Å²) in [6.45, 7) is 0.864. The van der Waals surface area contributed by atoms with Crippen molar-refractivity contribution in [2.45, 2.75) is 25.3 Å². The van der Waals surface area contributed by atoms with Gasteiger partial charge in [0.05, 0.1) is 0 Å². The molecule has 1 aliphatic rings. The van der Waals surface area contributed by atoms with Gasteiger partial charge in [-0.2, -0.15) is 0 Å². The summed E-state index contributed by atoms with van der Waals surface area (Å²) in [4.78, 5) is 0. The number of nitrogens with two attached hydrogens (primary N) is 1. The molecule has 1 aromatic rings. The first-order valence-corrected chi connectivity index (χ1v) is 5.84. The lowest BCUT2D eigenvalue weighted by molar-refractivity contribution is 0.0930. The van der Waals surface area contributed by atoms with E-state index in [0.717, 1.165) is 19.4 Å². The third-order valence-electron chi connectivity index (χ3n) is 3.78. The fourth-order valence-electron chi connectivity index (χ4n) is 2.64. The Morgan fingerprint density at radius 2 is 2.12 bits per heavy atom. The zero-order valence-corrected chi connectivity index (χ0v) is 9.67. The predicted octanol–water partition coefficient (Wildman–Crippen LogP) is 2.22. The fourth-order valence-corrected chi connectivity index (χ4v) is 2.64. The molecule has 3 heteroatoms. The quantitative estimate of drug-likeness (QED) is 0.819. The number of hydrogen-bond donors (Lipinski definition) is 2. The molecule has 1 aliphatic carbocycles. The topological polar surface area (TPSA) is 38.0 Å². The number of rotatable bonds is 4. The van der Waals surface area contributed by atoms with Gasteiger partial charge in [0.15, 0.2) is 0 Å². The van der Waals surface area contributed by atoms with Gasteiger partial charge in [-0.1, -0.05) is 24.6 Å². The summed E-state index contributed by atoms with van der Waals surface area (Å²) in [6.07, 6.45) is 3.37. The van der Waals surface area contributed by atoms with E-state index in [1.807, 2.05) is 13.1 Å². The van der Waals surface area contributed by atoms with Crippen LogP contribution in [0.1, 0.15) is 30.9 Å². The van der Waals surface area contributed by atoms with E-state index in [1.54, 1.807) is 12.1 Å². The van der Waals surface area contributed by atoms with Gasteiger partial charge >= 0.3 is 0 Å². The molecule has 0 saturated heterocycles. The van der Waals surface area contributed by atoms with Crippen LogP contribution < -0.4 is 11.1 Å². The van der Waals surface area contributed by atoms with Crippen molar-refractivity contribution in [1.82, 2.24) is 5.32 Å². The molecule has 1 unspecified atom stereocenters. The molecule has 88 valence electrons. The Morgan fingerprint density at radius 3 is 2.62 bits per heavy atom. The molecule has 0 spiro atoms. The van der Waals surface area contributed by atoms with Crippen molar-refractivity contribution in [2.75, 3.05) is 13.6 Å². The second-order valence-electron chi connectivity index (χ2n) is 4.75. The van der Waals surface area contributed by atoms with Crippen LogP contribution in [0.3, 0.4) is 0 Å². The van der Waals surface area contributed by atoms with E-state index < -0.39 is 0 Å². The highest BCUT2D eigenvalue weighted by Gasteiger charge is 2.43. The molecule has 1 fully saturated rings. The van der Waals surface area contributed by atoms with Crippen LogP contribution in [0.5, 0.6) is 0 Å². The SMILES string of the molecule is CNCC1(C(N)c2ccccc2F)CCC1. The molecule has 0 radical (unpaired) electrons. The van der Waals surface area contributed by atoms with Gasteiger partial charge < -0.3 is 11.1 Å². The zero-order valence-electron chi connectivity index (χ0n) is 9.67. The molecule has 0 amide bonds. The van der Waals surface area contributed by atoms with E-state index in [2.05, 4.69) is 5.32 Å². The number of benzene rings is 1. The molecular weight excluding hydrogens is 203 g/mol. The van der Waals surface area contributed by atoms with Crippen molar-refractivity contribution in [3.8, 4) is 0 Å². The lowest BCUT2D eigenvalue weighted by atomic mass is 9.62. The Labute approximate surface area is 96.0 Å². The molecule has 0 aliphatic heterocycles. The molecule has 0 heterocycles. The number of halogens is 1. The van der Waals surface area contributed by atoms with E-state index in [4.69, 9.17) is 5.73 Å². The van der Waals surface area contributed by atoms with Gasteiger partial charge in [0.1, 0.15) is 5.82 Å². The average Bonchev–Trinajstić information content (AvgIpc) is 2.23. The predicted molar refractivity (Wildman–Crippen MR) is 63.5 cm³/mol. The van der Waals surface area contributed by atoms with Crippen molar-refractivity contribution in [3.05, 3.63) is 35.6 Å². The van der Waals surface area contributed by atoms with Crippen molar-refractivity contribution in [3.63, 3.8) is 0 Å². The average molecular weight is 222 g/mol. The summed E-state index contributed by atoms with van der Waals surface area (Å²) < 4.78 is 13.7. The second-order valence-corrected chi connectivity index (χ2v) is 4.75. The summed E-state index contributed by atoms with van der Waals surface area (Å²) in [7, 11) is 1.92. The van der Waals surface area contributed by atoms with Crippen LogP contribution in [0, 0.1) is 11.2 Å². The Kier molecular flexibility index (Phi) is 3.26. The van der Waals surface area contributed by atoms with Crippen LogP contribution in [0.4, 0.5) is 4.39 Å². The van der Waals surface area contributed by atoms with Gasteiger partial charge in [0.2, 0.25) is 0 Å². The maximum Gasteiger partial charge on any atom is 0.127 e. The van der Waals surface area contributed by atoms with Crippen molar-refractivity contribution in [2.24, 2.45) is 11.1 Å². The van der Waals surface area contributed by atoms with Crippen molar-refractivity contribution in [1.29, 1.82) is 0 Å². The third kappa shape index (κ3) is 1.85. The van der Waals surface area contributed by atoms with E-state index >= 15 is 0 Å². The highest BCUT2D eigenvalue weighted by molar-refractivity contribution is 5.24. The van der Waals surface area contributed by atoms with E-state index in [-0.39, 0.29) is 17.3 Å². The molecule has 1 atom stereocenters. The largest absolute Gasteiger partial charge is 0.323 e. The second kappa shape index (κ2) is 4.52. The molecule has 2 nitrogen and oxygen atoms in total. The van der Waals surface area contributed by atoms with Crippen LogP contribution in [-0.2, 0) is 0 Å². The molecule has 3 N–H and O–H groups in total. The lowest BCUT2D eigenvalue weighted by Crippen LogP contribution is -2.47. The highest BCUT2D eigenvalue weighted by Crippen LogP contribution is 2.48. The Morgan fingerprint density at radius 1 is 1.44 bits per heavy atom. The molecular formula is C13H19FN2. The first kappa shape index (κ1) is 11.6. The van der Waals surface area contributed by atoms with E-state index in [0.29, 0.717) is 5.56 Å². The minimum Gasteiger partial charge on any atom is -0.323 e. The van der Waals surface area contributed by atoms with Crippen LogP contribution >= 0.6 is 0 Å². The van der Waals surface area contributed by atoms with Crippen LogP contribution in [0.25, 0.3) is 0 Å². The standard InChI is InChI=1S/C13H19FN2/c1-16-9-13(7-4-8-13)12(15)10-5-2-3-6-11(10)14/h2-3,5-6,12,16H,4,7-9,15H2,1H3. The van der Waals surface area contributed by atoms with Gasteiger partial charge in [0.25, 0.3) is 0 Å². The van der Waals surface area contributed by atoms with Gasteiger partial charge in [-0.05, 0) is 26.0 Å². The van der Waals surface area contributed by atoms with Crippen LogP contribution in [0.15, 0.2) is 24.3 Å². The fraction of sp³-hybridized carbons (Fsp3) is 0.538. The maximum absolute atomic E-state index is 13.7. The smallest absolute Gasteiger partial charge is 0.127 e. The van der Waals surface area contributed by atoms with Crippen molar-refractivity contribution >= 4 is 0 Å². The molecule has 16 heavy (non-hydrogen) atoms. The maximum atomic E-state index is 13.7. The van der Waals surface area contributed by atoms with Crippen molar-refractivity contribution < 1.29 is 4.39 Å². The molecule has 1 aromatic carbocycles. The van der Waals surface area contributed by atoms with Gasteiger partial charge in [-0.25, -0.2) is 4.39 Å². The third-order valence-corrected chi connectivity index (χ3v) is 3.78. The monoisotopic (exact) mass is 222 g/mol. The van der Waals surface area contributed by atoms with Gasteiger partial charge in [0, 0.05) is 23.6 Å². The highest BCUT2D eigenvalue weighted by atomic mass is 19.1. The first-order valence-electron chi connectivity index (χ1n) is 5.84. The Hall–Kier alpha value is -0.930. The molecule has 1 saturated carbocycles. The van der Waals surface area contributed by atoms with E-state index in [9.17, 15) is 4.39 Å². The summed E-state index contributed by atoms with van der Waals surface area (Å²) in [5.41, 5.74) is 6.95. The molecule has 0 aromatic heterocycles. The van der Waals surface area contributed by atoms with Crippen LogP contribution in [0.2, 0.25) is 0 Å². The summed E-state index contributed by atoms with van der Waals surface area (Å²) >= 11 is 0. The normalized spacial score (nSPS) is 20.2. The number of hydrogen-bond acceptors (Lipinski definition) is 2. The van der Waals surface area contributed by atoms with E-state index in [1.165, 1.54) is 12.5 Å². The first-order chi connectivity index (χ1) is 7.69. The number of nitrogens with one attached hydrogen (secondary N) is 1. The summed E-state index contributed by atoms with van der Waals surface area (Å²) in [5, 5.41) is 3.18. The Balaban J connectivity index is 2.23.